The Balaban J connectivity index is 2.19. The largest absolute Gasteiger partial charge is 0.496 e. The van der Waals surface area contributed by atoms with Gasteiger partial charge in [-0.05, 0) is 36.5 Å². The van der Waals surface area contributed by atoms with E-state index in [1.54, 1.807) is 18.2 Å². The van der Waals surface area contributed by atoms with Gasteiger partial charge in [0.15, 0.2) is 5.11 Å². The van der Waals surface area contributed by atoms with Crippen molar-refractivity contribution in [1.29, 1.82) is 0 Å². The zero-order chi connectivity index (χ0) is 23.2. The highest BCUT2D eigenvalue weighted by Crippen LogP contribution is 2.31. The molecular formula is C18H17Cl3N4O5S. The fourth-order valence-electron chi connectivity index (χ4n) is 2.43. The fraction of sp³-hybridized carbons (Fsp3) is 0.222. The summed E-state index contributed by atoms with van der Waals surface area (Å²) in [6.45, 7) is 0. The number of halogens is 3. The number of thiocarbonyl (C=S) groups is 1. The van der Waals surface area contributed by atoms with Crippen molar-refractivity contribution in [3.8, 4) is 11.5 Å². The molecule has 2 aromatic carbocycles. The zero-order valence-electron chi connectivity index (χ0n) is 16.1. The molecule has 0 spiro atoms. The third-order valence-electron chi connectivity index (χ3n) is 3.88. The van der Waals surface area contributed by atoms with Crippen molar-refractivity contribution in [3.63, 3.8) is 0 Å². The summed E-state index contributed by atoms with van der Waals surface area (Å²) in [6, 6.07) is 10.6. The number of methoxy groups -OCH3 is 2. The first-order chi connectivity index (χ1) is 14.6. The van der Waals surface area contributed by atoms with Crippen LogP contribution in [0.5, 0.6) is 11.5 Å². The van der Waals surface area contributed by atoms with Crippen molar-refractivity contribution in [2.24, 2.45) is 0 Å². The number of ether oxygens (including phenoxy) is 2. The van der Waals surface area contributed by atoms with Gasteiger partial charge in [-0.15, -0.1) is 0 Å². The molecule has 9 nitrogen and oxygen atoms in total. The number of rotatable bonds is 7. The smallest absolute Gasteiger partial charge is 0.296 e. The molecule has 0 saturated heterocycles. The van der Waals surface area contributed by atoms with E-state index >= 15 is 0 Å². The Morgan fingerprint density at radius 3 is 2.39 bits per heavy atom. The third-order valence-corrected chi connectivity index (χ3v) is 4.75. The highest BCUT2D eigenvalue weighted by molar-refractivity contribution is 7.80. The van der Waals surface area contributed by atoms with E-state index in [0.717, 1.165) is 0 Å². The van der Waals surface area contributed by atoms with Crippen molar-refractivity contribution < 1.29 is 19.2 Å². The second-order valence-electron chi connectivity index (χ2n) is 5.89. The van der Waals surface area contributed by atoms with Crippen LogP contribution in [0, 0.1) is 10.1 Å². The zero-order valence-corrected chi connectivity index (χ0v) is 19.2. The molecule has 0 aromatic heterocycles. The molecule has 0 radical (unpaired) electrons. The Bertz CT molecular complexity index is 987. The number of nitro benzene ring substituents is 1. The first kappa shape index (κ1) is 24.7. The summed E-state index contributed by atoms with van der Waals surface area (Å²) < 4.78 is 8.13. The molecule has 0 unspecified atom stereocenters. The van der Waals surface area contributed by atoms with Gasteiger partial charge in [-0.25, -0.2) is 0 Å². The van der Waals surface area contributed by atoms with E-state index in [4.69, 9.17) is 56.5 Å². The van der Waals surface area contributed by atoms with Gasteiger partial charge < -0.3 is 25.4 Å². The number of hydrogen-bond donors (Lipinski definition) is 3. The number of benzene rings is 2. The van der Waals surface area contributed by atoms with Crippen LogP contribution in [0.25, 0.3) is 0 Å². The molecule has 0 bridgehead atoms. The number of amides is 1. The van der Waals surface area contributed by atoms with Gasteiger partial charge in [-0.1, -0.05) is 46.9 Å². The molecule has 2 aromatic rings. The number of alkyl halides is 3. The van der Waals surface area contributed by atoms with Crippen LogP contribution in [0.3, 0.4) is 0 Å². The van der Waals surface area contributed by atoms with Crippen molar-refractivity contribution in [3.05, 3.63) is 58.1 Å². The summed E-state index contributed by atoms with van der Waals surface area (Å²) in [7, 11) is 2.80. The number of para-hydroxylation sites is 1. The third kappa shape index (κ3) is 6.73. The standard InChI is InChI=1S/C18H17Cl3N4O5S/c1-29-10-7-8-12(13(9-10)25(27)28)22-17(31)24-16(18(19,20)21)23-15(26)11-5-3-4-6-14(11)30-2/h3-9,16H,1-2H3,(H,23,26)(H2,22,24,31)/t16-/m1/s1. The van der Waals surface area contributed by atoms with E-state index in [1.165, 1.54) is 38.5 Å². The highest BCUT2D eigenvalue weighted by Gasteiger charge is 2.35. The molecule has 3 N–H and O–H groups in total. The minimum atomic E-state index is -2.02. The van der Waals surface area contributed by atoms with E-state index in [1.807, 2.05) is 0 Å². The number of hydrogen-bond acceptors (Lipinski definition) is 6. The lowest BCUT2D eigenvalue weighted by Gasteiger charge is -2.28. The minimum absolute atomic E-state index is 0.0717. The summed E-state index contributed by atoms with van der Waals surface area (Å²) in [6.07, 6.45) is -1.28. The average molecular weight is 508 g/mol. The number of nitrogens with zero attached hydrogens (tertiary/aromatic N) is 1. The lowest BCUT2D eigenvalue weighted by atomic mass is 10.2. The van der Waals surface area contributed by atoms with Crippen LogP contribution in [0.1, 0.15) is 10.4 Å². The van der Waals surface area contributed by atoms with Crippen LogP contribution in [0.15, 0.2) is 42.5 Å². The molecule has 2 rings (SSSR count). The van der Waals surface area contributed by atoms with Crippen molar-refractivity contribution in [2.45, 2.75) is 9.96 Å². The Morgan fingerprint density at radius 1 is 1.13 bits per heavy atom. The van der Waals surface area contributed by atoms with Gasteiger partial charge in [0.05, 0.1) is 30.8 Å². The summed E-state index contributed by atoms with van der Waals surface area (Å²) >= 11 is 23.1. The number of nitrogens with one attached hydrogen (secondary N) is 3. The van der Waals surface area contributed by atoms with E-state index in [-0.39, 0.29) is 22.1 Å². The van der Waals surface area contributed by atoms with E-state index in [0.29, 0.717) is 11.5 Å². The molecule has 0 aliphatic rings. The number of carbonyl (C=O) groups is 1. The summed E-state index contributed by atoms with van der Waals surface area (Å²) in [5, 5.41) is 19.0. The van der Waals surface area contributed by atoms with Gasteiger partial charge in [0.1, 0.15) is 23.4 Å². The summed E-state index contributed by atoms with van der Waals surface area (Å²) in [5.74, 6) is 0.0106. The van der Waals surface area contributed by atoms with Gasteiger partial charge in [-0.3, -0.25) is 14.9 Å². The highest BCUT2D eigenvalue weighted by atomic mass is 35.6. The minimum Gasteiger partial charge on any atom is -0.496 e. The van der Waals surface area contributed by atoms with Crippen LogP contribution in [0.2, 0.25) is 0 Å². The monoisotopic (exact) mass is 506 g/mol. The molecule has 31 heavy (non-hydrogen) atoms. The van der Waals surface area contributed by atoms with Crippen molar-refractivity contribution >= 4 is 69.4 Å². The van der Waals surface area contributed by atoms with Crippen LogP contribution in [0.4, 0.5) is 11.4 Å². The normalized spacial score (nSPS) is 11.8. The number of anilines is 1. The predicted octanol–water partition coefficient (Wildman–Crippen LogP) is 4.02. The molecule has 166 valence electrons. The van der Waals surface area contributed by atoms with Crippen molar-refractivity contribution in [2.75, 3.05) is 19.5 Å². The average Bonchev–Trinajstić information content (AvgIpc) is 2.72. The van der Waals surface area contributed by atoms with Crippen LogP contribution >= 0.6 is 47.0 Å². The van der Waals surface area contributed by atoms with Crippen molar-refractivity contribution in [1.82, 2.24) is 10.6 Å². The number of carbonyl (C=O) groups excluding carboxylic acids is 1. The Kier molecular flexibility index (Phi) is 8.52. The van der Waals surface area contributed by atoms with Gasteiger partial charge in [0, 0.05) is 0 Å². The first-order valence-corrected chi connectivity index (χ1v) is 10.0. The molecule has 1 amide bonds. The molecule has 0 saturated carbocycles. The number of nitro groups is 1. The molecule has 0 aliphatic carbocycles. The quantitative estimate of drug-likeness (QED) is 0.169. The lowest BCUT2D eigenvalue weighted by molar-refractivity contribution is -0.384. The molecule has 0 aliphatic heterocycles. The maximum Gasteiger partial charge on any atom is 0.296 e. The van der Waals surface area contributed by atoms with E-state index in [2.05, 4.69) is 16.0 Å². The van der Waals surface area contributed by atoms with Gasteiger partial charge >= 0.3 is 0 Å². The van der Waals surface area contributed by atoms with Crippen LogP contribution in [-0.2, 0) is 0 Å². The van der Waals surface area contributed by atoms with Gasteiger partial charge in [-0.2, -0.15) is 0 Å². The molecule has 1 atom stereocenters. The predicted molar refractivity (Wildman–Crippen MR) is 124 cm³/mol. The molecule has 0 fully saturated rings. The molecule has 13 heteroatoms. The summed E-state index contributed by atoms with van der Waals surface area (Å²) in [4.78, 5) is 23.4. The maximum absolute atomic E-state index is 12.7. The summed E-state index contributed by atoms with van der Waals surface area (Å²) in [5.41, 5.74) is -0.00914. The van der Waals surface area contributed by atoms with Gasteiger partial charge in [0.2, 0.25) is 3.79 Å². The second-order valence-corrected chi connectivity index (χ2v) is 8.66. The Labute approximate surface area is 198 Å². The Morgan fingerprint density at radius 2 is 1.81 bits per heavy atom. The van der Waals surface area contributed by atoms with E-state index in [9.17, 15) is 14.9 Å². The van der Waals surface area contributed by atoms with Gasteiger partial charge in [0.25, 0.3) is 11.6 Å². The lowest BCUT2D eigenvalue weighted by Crippen LogP contribution is -2.56. The van der Waals surface area contributed by atoms with E-state index < -0.39 is 20.8 Å². The Hall–Kier alpha value is -2.53. The molecular weight excluding hydrogens is 491 g/mol. The van der Waals surface area contributed by atoms with Crippen LogP contribution in [-0.4, -0.2) is 40.1 Å². The molecule has 0 heterocycles. The first-order valence-electron chi connectivity index (χ1n) is 8.47. The topological polar surface area (TPSA) is 115 Å². The van der Waals surface area contributed by atoms with Crippen LogP contribution < -0.4 is 25.4 Å². The SMILES string of the molecule is COc1ccc(NC(=S)N[C@@H](NC(=O)c2ccccc2OC)C(Cl)(Cl)Cl)c([N+](=O)[O-])c1. The fourth-order valence-corrected chi connectivity index (χ4v) is 2.98. The second kappa shape index (κ2) is 10.7. The maximum atomic E-state index is 12.7.